The second kappa shape index (κ2) is 4.78. The van der Waals surface area contributed by atoms with Crippen molar-refractivity contribution in [1.29, 1.82) is 0 Å². The number of benzene rings is 1. The Hall–Kier alpha value is -1.88. The van der Waals surface area contributed by atoms with E-state index in [9.17, 15) is 14.7 Å². The molecule has 2 rings (SSSR count). The van der Waals surface area contributed by atoms with E-state index in [1.54, 1.807) is 6.07 Å². The normalized spacial score (nSPS) is 15.8. The van der Waals surface area contributed by atoms with E-state index in [-0.39, 0.29) is 17.4 Å². The molecule has 0 aromatic heterocycles. The van der Waals surface area contributed by atoms with Crippen molar-refractivity contribution in [3.63, 3.8) is 0 Å². The molecule has 1 amide bonds. The number of Topliss-reactive ketones (excluding diaryl/α,β-unsaturated/α-hetero) is 1. The first-order valence-corrected chi connectivity index (χ1v) is 5.99. The Morgan fingerprint density at radius 1 is 1.50 bits per heavy atom. The van der Waals surface area contributed by atoms with E-state index >= 15 is 0 Å². The standard InChI is InChI=1S/C13H16N2O3/c1-2-9(14)13(18)8-3-5-10(16)12-7(8)4-6-11(17)15-12/h3,5,9,16H,2,4,6,14H2,1H3,(H,15,17). The van der Waals surface area contributed by atoms with Crippen LogP contribution in [0.25, 0.3) is 0 Å². The van der Waals surface area contributed by atoms with Crippen LogP contribution in [0.4, 0.5) is 5.69 Å². The maximum atomic E-state index is 12.1. The number of ketones is 1. The van der Waals surface area contributed by atoms with Crippen LogP contribution in [0.5, 0.6) is 5.75 Å². The molecule has 5 nitrogen and oxygen atoms in total. The summed E-state index contributed by atoms with van der Waals surface area (Å²) >= 11 is 0. The summed E-state index contributed by atoms with van der Waals surface area (Å²) < 4.78 is 0. The van der Waals surface area contributed by atoms with Crippen molar-refractivity contribution in [2.45, 2.75) is 32.2 Å². The number of phenols is 1. The highest BCUT2D eigenvalue weighted by atomic mass is 16.3. The van der Waals surface area contributed by atoms with Gasteiger partial charge < -0.3 is 16.2 Å². The number of carbonyl (C=O) groups excluding carboxylic acids is 2. The van der Waals surface area contributed by atoms with E-state index in [4.69, 9.17) is 5.73 Å². The van der Waals surface area contributed by atoms with Gasteiger partial charge in [0.2, 0.25) is 5.91 Å². The van der Waals surface area contributed by atoms with Crippen LogP contribution < -0.4 is 11.1 Å². The van der Waals surface area contributed by atoms with Crippen LogP contribution in [0.15, 0.2) is 12.1 Å². The van der Waals surface area contributed by atoms with Crippen molar-refractivity contribution in [2.24, 2.45) is 5.73 Å². The highest BCUT2D eigenvalue weighted by molar-refractivity contribution is 6.05. The highest BCUT2D eigenvalue weighted by Crippen LogP contribution is 2.34. The molecule has 18 heavy (non-hydrogen) atoms. The maximum absolute atomic E-state index is 12.1. The summed E-state index contributed by atoms with van der Waals surface area (Å²) in [6, 6.07) is 2.44. The average Bonchev–Trinajstić information content (AvgIpc) is 2.38. The number of hydrogen-bond donors (Lipinski definition) is 3. The van der Waals surface area contributed by atoms with Crippen molar-refractivity contribution in [3.8, 4) is 5.75 Å². The number of hydrogen-bond acceptors (Lipinski definition) is 4. The quantitative estimate of drug-likeness (QED) is 0.553. The van der Waals surface area contributed by atoms with Gasteiger partial charge >= 0.3 is 0 Å². The summed E-state index contributed by atoms with van der Waals surface area (Å²) in [6.07, 6.45) is 1.33. The minimum Gasteiger partial charge on any atom is -0.506 e. The minimum atomic E-state index is -0.545. The van der Waals surface area contributed by atoms with Crippen LogP contribution in [0, 0.1) is 0 Å². The molecule has 96 valence electrons. The monoisotopic (exact) mass is 248 g/mol. The summed E-state index contributed by atoms with van der Waals surface area (Å²) in [6.45, 7) is 1.84. The zero-order valence-electron chi connectivity index (χ0n) is 10.2. The molecule has 1 unspecified atom stereocenters. The van der Waals surface area contributed by atoms with Crippen LogP contribution in [0.3, 0.4) is 0 Å². The van der Waals surface area contributed by atoms with Gasteiger partial charge in [-0.3, -0.25) is 9.59 Å². The van der Waals surface area contributed by atoms with Gasteiger partial charge in [0.25, 0.3) is 0 Å². The molecule has 0 aliphatic carbocycles. The SMILES string of the molecule is CCC(N)C(=O)c1ccc(O)c2c1CCC(=O)N2. The van der Waals surface area contributed by atoms with Gasteiger partial charge in [-0.15, -0.1) is 0 Å². The first-order chi connectivity index (χ1) is 8.54. The van der Waals surface area contributed by atoms with Crippen LogP contribution in [-0.4, -0.2) is 22.8 Å². The fourth-order valence-corrected chi connectivity index (χ4v) is 2.09. The fourth-order valence-electron chi connectivity index (χ4n) is 2.09. The second-order valence-corrected chi connectivity index (χ2v) is 4.41. The lowest BCUT2D eigenvalue weighted by molar-refractivity contribution is -0.116. The van der Waals surface area contributed by atoms with Gasteiger partial charge in [0.15, 0.2) is 5.78 Å². The fraction of sp³-hybridized carbons (Fsp3) is 0.385. The summed E-state index contributed by atoms with van der Waals surface area (Å²) in [4.78, 5) is 23.4. The number of carbonyl (C=O) groups is 2. The van der Waals surface area contributed by atoms with E-state index in [0.29, 0.717) is 36.1 Å². The molecule has 0 saturated carbocycles. The number of rotatable bonds is 3. The Bertz CT molecular complexity index is 511. The zero-order valence-corrected chi connectivity index (χ0v) is 10.2. The number of fused-ring (bicyclic) bond motifs is 1. The Morgan fingerprint density at radius 3 is 2.89 bits per heavy atom. The molecular formula is C13H16N2O3. The van der Waals surface area contributed by atoms with Gasteiger partial charge in [-0.1, -0.05) is 6.92 Å². The predicted octanol–water partition coefficient (Wildman–Crippen LogP) is 1.20. The summed E-state index contributed by atoms with van der Waals surface area (Å²) in [5, 5.41) is 12.3. The number of amides is 1. The van der Waals surface area contributed by atoms with E-state index < -0.39 is 6.04 Å². The Kier molecular flexibility index (Phi) is 3.34. The van der Waals surface area contributed by atoms with Gasteiger partial charge in [-0.25, -0.2) is 0 Å². The molecule has 0 spiro atoms. The lowest BCUT2D eigenvalue weighted by atomic mass is 9.91. The van der Waals surface area contributed by atoms with Crippen LogP contribution in [-0.2, 0) is 11.2 Å². The first kappa shape index (κ1) is 12.6. The average molecular weight is 248 g/mol. The van der Waals surface area contributed by atoms with Gasteiger partial charge in [0.05, 0.1) is 11.7 Å². The molecule has 1 aromatic carbocycles. The number of anilines is 1. The summed E-state index contributed by atoms with van der Waals surface area (Å²) in [7, 11) is 0. The molecule has 4 N–H and O–H groups in total. The number of aromatic hydroxyl groups is 1. The third-order valence-corrected chi connectivity index (χ3v) is 3.20. The summed E-state index contributed by atoms with van der Waals surface area (Å²) in [5.74, 6) is -0.313. The molecule has 0 bridgehead atoms. The second-order valence-electron chi connectivity index (χ2n) is 4.41. The molecular weight excluding hydrogens is 232 g/mol. The molecule has 1 heterocycles. The number of nitrogens with two attached hydrogens (primary N) is 1. The molecule has 1 atom stereocenters. The van der Waals surface area contributed by atoms with Crippen molar-refractivity contribution < 1.29 is 14.7 Å². The lowest BCUT2D eigenvalue weighted by Crippen LogP contribution is -2.31. The molecule has 0 saturated heterocycles. The van der Waals surface area contributed by atoms with E-state index in [2.05, 4.69) is 5.32 Å². The van der Waals surface area contributed by atoms with Crippen molar-refractivity contribution in [3.05, 3.63) is 23.3 Å². The zero-order chi connectivity index (χ0) is 13.3. The van der Waals surface area contributed by atoms with Crippen LogP contribution in [0.1, 0.15) is 35.7 Å². The highest BCUT2D eigenvalue weighted by Gasteiger charge is 2.25. The van der Waals surface area contributed by atoms with Crippen molar-refractivity contribution in [2.75, 3.05) is 5.32 Å². The first-order valence-electron chi connectivity index (χ1n) is 5.99. The maximum Gasteiger partial charge on any atom is 0.224 e. The summed E-state index contributed by atoms with van der Waals surface area (Å²) in [5.41, 5.74) is 7.28. The van der Waals surface area contributed by atoms with Crippen LogP contribution in [0.2, 0.25) is 0 Å². The minimum absolute atomic E-state index is 0.0142. The van der Waals surface area contributed by atoms with Crippen molar-refractivity contribution in [1.82, 2.24) is 0 Å². The third-order valence-electron chi connectivity index (χ3n) is 3.20. The largest absolute Gasteiger partial charge is 0.506 e. The Balaban J connectivity index is 2.48. The van der Waals surface area contributed by atoms with E-state index in [1.807, 2.05) is 6.92 Å². The predicted molar refractivity (Wildman–Crippen MR) is 67.7 cm³/mol. The molecule has 1 aromatic rings. The lowest BCUT2D eigenvalue weighted by Gasteiger charge is -2.21. The molecule has 0 fully saturated rings. The van der Waals surface area contributed by atoms with Gasteiger partial charge in [-0.05, 0) is 30.5 Å². The Morgan fingerprint density at radius 2 is 2.22 bits per heavy atom. The molecule has 5 heteroatoms. The van der Waals surface area contributed by atoms with Gasteiger partial charge in [0, 0.05) is 12.0 Å². The molecule has 0 radical (unpaired) electrons. The number of nitrogens with one attached hydrogen (secondary N) is 1. The topological polar surface area (TPSA) is 92.4 Å². The third kappa shape index (κ3) is 2.09. The van der Waals surface area contributed by atoms with Gasteiger partial charge in [-0.2, -0.15) is 0 Å². The molecule has 1 aliphatic rings. The van der Waals surface area contributed by atoms with Crippen molar-refractivity contribution >= 4 is 17.4 Å². The van der Waals surface area contributed by atoms with Gasteiger partial charge in [0.1, 0.15) is 5.75 Å². The number of phenolic OH excluding ortho intramolecular Hbond substituents is 1. The smallest absolute Gasteiger partial charge is 0.224 e. The van der Waals surface area contributed by atoms with Crippen LogP contribution >= 0.6 is 0 Å². The van der Waals surface area contributed by atoms with E-state index in [0.717, 1.165) is 0 Å². The molecule has 1 aliphatic heterocycles. The van der Waals surface area contributed by atoms with E-state index in [1.165, 1.54) is 6.07 Å². The Labute approximate surface area is 105 Å².